The lowest BCUT2D eigenvalue weighted by Crippen LogP contribution is -2.06. The number of halogens is 1. The molecule has 1 atom stereocenters. The summed E-state index contributed by atoms with van der Waals surface area (Å²) in [6.07, 6.45) is 0. The molecule has 0 amide bonds. The van der Waals surface area contributed by atoms with E-state index in [2.05, 4.69) is 0 Å². The molecular weight excluding hydrogens is 215 g/mol. The minimum absolute atomic E-state index is 0.350. The van der Waals surface area contributed by atoms with Crippen LogP contribution in [0.25, 0.3) is 10.1 Å². The van der Waals surface area contributed by atoms with Crippen molar-refractivity contribution in [2.24, 2.45) is 0 Å². The standard InChI is InChI=1S/C11H9FO2S/c1-6(11(13)14)7-5-15-9-4-2-3-8(12)10(7)9/h2-6H,1H3,(H,13,14). The van der Waals surface area contributed by atoms with Crippen molar-refractivity contribution in [2.45, 2.75) is 12.8 Å². The molecular formula is C11H9FO2S. The summed E-state index contributed by atoms with van der Waals surface area (Å²) in [6.45, 7) is 1.57. The summed E-state index contributed by atoms with van der Waals surface area (Å²) in [5, 5.41) is 11.0. The number of carboxylic acid groups (broad SMARTS) is 1. The van der Waals surface area contributed by atoms with E-state index in [1.54, 1.807) is 24.4 Å². The quantitative estimate of drug-likeness (QED) is 0.850. The first-order chi connectivity index (χ1) is 7.11. The van der Waals surface area contributed by atoms with E-state index in [9.17, 15) is 9.18 Å². The molecule has 0 saturated carbocycles. The summed E-state index contributed by atoms with van der Waals surface area (Å²) in [7, 11) is 0. The van der Waals surface area contributed by atoms with E-state index in [1.807, 2.05) is 0 Å². The van der Waals surface area contributed by atoms with Crippen molar-refractivity contribution < 1.29 is 14.3 Å². The molecule has 0 fully saturated rings. The van der Waals surface area contributed by atoms with Gasteiger partial charge in [0, 0.05) is 10.1 Å². The predicted molar refractivity (Wildman–Crippen MR) is 57.8 cm³/mol. The molecule has 1 N–H and O–H groups in total. The van der Waals surface area contributed by atoms with E-state index in [4.69, 9.17) is 5.11 Å². The lowest BCUT2D eigenvalue weighted by Gasteiger charge is -2.04. The zero-order valence-electron chi connectivity index (χ0n) is 8.03. The Hall–Kier alpha value is -1.42. The van der Waals surface area contributed by atoms with Crippen LogP contribution in [-0.2, 0) is 4.79 Å². The fourth-order valence-electron chi connectivity index (χ4n) is 1.52. The molecule has 0 spiro atoms. The van der Waals surface area contributed by atoms with Crippen LogP contribution in [-0.4, -0.2) is 11.1 Å². The van der Waals surface area contributed by atoms with Gasteiger partial charge in [0.2, 0.25) is 0 Å². The molecule has 2 aromatic rings. The Labute approximate surface area is 90.0 Å². The smallest absolute Gasteiger partial charge is 0.310 e. The highest BCUT2D eigenvalue weighted by Gasteiger charge is 2.19. The van der Waals surface area contributed by atoms with Gasteiger partial charge in [-0.05, 0) is 30.0 Å². The van der Waals surface area contributed by atoms with Gasteiger partial charge in [0.1, 0.15) is 5.82 Å². The average Bonchev–Trinajstić information content (AvgIpc) is 2.61. The lowest BCUT2D eigenvalue weighted by atomic mass is 10.0. The van der Waals surface area contributed by atoms with Crippen LogP contribution in [0.1, 0.15) is 18.4 Å². The van der Waals surface area contributed by atoms with Crippen LogP contribution >= 0.6 is 11.3 Å². The number of hydrogen-bond donors (Lipinski definition) is 1. The van der Waals surface area contributed by atoms with Crippen LogP contribution in [0.4, 0.5) is 4.39 Å². The van der Waals surface area contributed by atoms with Gasteiger partial charge in [-0.25, -0.2) is 4.39 Å². The largest absolute Gasteiger partial charge is 0.481 e. The second-order valence-electron chi connectivity index (χ2n) is 3.36. The van der Waals surface area contributed by atoms with E-state index in [-0.39, 0.29) is 5.82 Å². The topological polar surface area (TPSA) is 37.3 Å². The van der Waals surface area contributed by atoms with E-state index >= 15 is 0 Å². The molecule has 15 heavy (non-hydrogen) atoms. The van der Waals surface area contributed by atoms with Crippen LogP contribution in [0.15, 0.2) is 23.6 Å². The second-order valence-corrected chi connectivity index (χ2v) is 4.28. The summed E-state index contributed by atoms with van der Waals surface area (Å²) in [6, 6.07) is 4.78. The van der Waals surface area contributed by atoms with Gasteiger partial charge in [0.25, 0.3) is 0 Å². The third-order valence-electron chi connectivity index (χ3n) is 2.41. The van der Waals surface area contributed by atoms with E-state index < -0.39 is 11.9 Å². The monoisotopic (exact) mass is 224 g/mol. The number of carboxylic acids is 1. The summed E-state index contributed by atoms with van der Waals surface area (Å²) in [4.78, 5) is 10.8. The molecule has 78 valence electrons. The maximum Gasteiger partial charge on any atom is 0.310 e. The molecule has 4 heteroatoms. The van der Waals surface area contributed by atoms with Crippen molar-refractivity contribution in [3.63, 3.8) is 0 Å². The first-order valence-corrected chi connectivity index (χ1v) is 5.37. The summed E-state index contributed by atoms with van der Waals surface area (Å²) < 4.78 is 14.3. The van der Waals surface area contributed by atoms with Gasteiger partial charge < -0.3 is 5.11 Å². The van der Waals surface area contributed by atoms with Gasteiger partial charge in [-0.15, -0.1) is 11.3 Å². The maximum atomic E-state index is 13.5. The Kier molecular flexibility index (Phi) is 2.44. The first kappa shape index (κ1) is 10.1. The molecule has 2 rings (SSSR count). The van der Waals surface area contributed by atoms with E-state index in [0.717, 1.165) is 4.70 Å². The van der Waals surface area contributed by atoms with Crippen LogP contribution in [0.5, 0.6) is 0 Å². The Morgan fingerprint density at radius 3 is 2.93 bits per heavy atom. The number of thiophene rings is 1. The van der Waals surface area contributed by atoms with Crippen molar-refractivity contribution in [2.75, 3.05) is 0 Å². The maximum absolute atomic E-state index is 13.5. The molecule has 0 aliphatic carbocycles. The fraction of sp³-hybridized carbons (Fsp3) is 0.182. The van der Waals surface area contributed by atoms with Crippen LogP contribution < -0.4 is 0 Å². The molecule has 2 nitrogen and oxygen atoms in total. The van der Waals surface area contributed by atoms with Gasteiger partial charge in [0.05, 0.1) is 5.92 Å². The van der Waals surface area contributed by atoms with Crippen LogP contribution in [0, 0.1) is 5.82 Å². The summed E-state index contributed by atoms with van der Waals surface area (Å²) in [5.74, 6) is -1.95. The number of benzene rings is 1. The predicted octanol–water partition coefficient (Wildman–Crippen LogP) is 3.23. The van der Waals surface area contributed by atoms with Crippen molar-refractivity contribution in [3.8, 4) is 0 Å². The zero-order chi connectivity index (χ0) is 11.0. The van der Waals surface area contributed by atoms with E-state index in [0.29, 0.717) is 10.9 Å². The molecule has 0 radical (unpaired) electrons. The second kappa shape index (κ2) is 3.62. The van der Waals surface area contributed by atoms with Crippen molar-refractivity contribution in [1.82, 2.24) is 0 Å². The van der Waals surface area contributed by atoms with Crippen LogP contribution in [0.3, 0.4) is 0 Å². The van der Waals surface area contributed by atoms with Gasteiger partial charge in [-0.1, -0.05) is 6.07 Å². The molecule has 1 aromatic heterocycles. The molecule has 0 bridgehead atoms. The summed E-state index contributed by atoms with van der Waals surface area (Å²) >= 11 is 1.37. The SMILES string of the molecule is CC(C(=O)O)c1csc2cccc(F)c12. The Morgan fingerprint density at radius 1 is 1.53 bits per heavy atom. The molecule has 1 aromatic carbocycles. The Bertz CT molecular complexity index is 518. The average molecular weight is 224 g/mol. The number of rotatable bonds is 2. The van der Waals surface area contributed by atoms with Crippen molar-refractivity contribution in [1.29, 1.82) is 0 Å². The molecule has 1 heterocycles. The number of fused-ring (bicyclic) bond motifs is 1. The van der Waals surface area contributed by atoms with Gasteiger partial charge in [0.15, 0.2) is 0 Å². The van der Waals surface area contributed by atoms with Crippen molar-refractivity contribution in [3.05, 3.63) is 35.0 Å². The van der Waals surface area contributed by atoms with Gasteiger partial charge >= 0.3 is 5.97 Å². The highest BCUT2D eigenvalue weighted by atomic mass is 32.1. The first-order valence-electron chi connectivity index (χ1n) is 4.49. The summed E-state index contributed by atoms with van der Waals surface area (Å²) in [5.41, 5.74) is 0.556. The Morgan fingerprint density at radius 2 is 2.27 bits per heavy atom. The normalized spacial score (nSPS) is 12.9. The highest BCUT2D eigenvalue weighted by molar-refractivity contribution is 7.17. The van der Waals surface area contributed by atoms with E-state index in [1.165, 1.54) is 17.4 Å². The lowest BCUT2D eigenvalue weighted by molar-refractivity contribution is -0.138. The fourth-order valence-corrected chi connectivity index (χ4v) is 2.59. The minimum Gasteiger partial charge on any atom is -0.481 e. The van der Waals surface area contributed by atoms with Crippen LogP contribution in [0.2, 0.25) is 0 Å². The molecule has 0 aliphatic rings. The number of aliphatic carboxylic acids is 1. The third-order valence-corrected chi connectivity index (χ3v) is 3.38. The highest BCUT2D eigenvalue weighted by Crippen LogP contribution is 2.33. The van der Waals surface area contributed by atoms with Crippen molar-refractivity contribution >= 4 is 27.4 Å². The molecule has 0 aliphatic heterocycles. The van der Waals surface area contributed by atoms with Gasteiger partial charge in [-0.3, -0.25) is 4.79 Å². The molecule has 0 saturated heterocycles. The molecule has 1 unspecified atom stereocenters. The number of carbonyl (C=O) groups is 1. The Balaban J connectivity index is 2.67. The third kappa shape index (κ3) is 1.61. The zero-order valence-corrected chi connectivity index (χ0v) is 8.84. The number of hydrogen-bond acceptors (Lipinski definition) is 2. The van der Waals surface area contributed by atoms with Gasteiger partial charge in [-0.2, -0.15) is 0 Å². The minimum atomic E-state index is -0.932.